The van der Waals surface area contributed by atoms with Crippen molar-refractivity contribution in [1.82, 2.24) is 5.32 Å². The zero-order chi connectivity index (χ0) is 10.3. The molecule has 2 N–H and O–H groups in total. The van der Waals surface area contributed by atoms with Crippen molar-refractivity contribution in [3.8, 4) is 0 Å². The van der Waals surface area contributed by atoms with Gasteiger partial charge in [-0.15, -0.1) is 11.8 Å². The number of hydrogen-bond donors (Lipinski definition) is 2. The van der Waals surface area contributed by atoms with Crippen molar-refractivity contribution in [2.24, 2.45) is 5.92 Å². The van der Waals surface area contributed by atoms with Gasteiger partial charge in [0.15, 0.2) is 0 Å². The molecule has 0 saturated carbocycles. The molecule has 0 aliphatic heterocycles. The van der Waals surface area contributed by atoms with E-state index in [0.717, 1.165) is 6.54 Å². The molecule has 0 aromatic carbocycles. The first-order valence-corrected chi connectivity index (χ1v) is 5.63. The smallest absolute Gasteiger partial charge is 0.232 e. The minimum Gasteiger partial charge on any atom is -0.396 e. The van der Waals surface area contributed by atoms with Crippen molar-refractivity contribution in [2.75, 3.05) is 18.9 Å². The summed E-state index contributed by atoms with van der Waals surface area (Å²) in [6, 6.07) is 0. The molecule has 0 saturated heterocycles. The Morgan fingerprint density at radius 2 is 2.08 bits per heavy atom. The Kier molecular flexibility index (Phi) is 7.09. The SMILES string of the molecule is CC(C)CNC(=O)C(C)SCCO. The lowest BCUT2D eigenvalue weighted by atomic mass is 10.2. The molecule has 1 amide bonds. The van der Waals surface area contributed by atoms with Crippen LogP contribution in [0.3, 0.4) is 0 Å². The molecule has 78 valence electrons. The molecule has 1 atom stereocenters. The van der Waals surface area contributed by atoms with E-state index in [1.165, 1.54) is 11.8 Å². The Morgan fingerprint density at radius 3 is 2.54 bits per heavy atom. The highest BCUT2D eigenvalue weighted by molar-refractivity contribution is 8.00. The van der Waals surface area contributed by atoms with E-state index in [1.807, 2.05) is 6.92 Å². The van der Waals surface area contributed by atoms with Crippen LogP contribution in [0, 0.1) is 5.92 Å². The summed E-state index contributed by atoms with van der Waals surface area (Å²) >= 11 is 1.47. The summed E-state index contributed by atoms with van der Waals surface area (Å²) in [6.07, 6.45) is 0. The Balaban J connectivity index is 3.57. The van der Waals surface area contributed by atoms with Crippen LogP contribution in [0.1, 0.15) is 20.8 Å². The van der Waals surface area contributed by atoms with Gasteiger partial charge in [0.2, 0.25) is 5.91 Å². The van der Waals surface area contributed by atoms with Gasteiger partial charge in [0.05, 0.1) is 11.9 Å². The van der Waals surface area contributed by atoms with E-state index < -0.39 is 0 Å². The lowest BCUT2D eigenvalue weighted by Gasteiger charge is -2.12. The summed E-state index contributed by atoms with van der Waals surface area (Å²) < 4.78 is 0. The molecular weight excluding hydrogens is 186 g/mol. The van der Waals surface area contributed by atoms with E-state index >= 15 is 0 Å². The number of carbonyl (C=O) groups excluding carboxylic acids is 1. The number of amides is 1. The Hall–Kier alpha value is -0.220. The van der Waals surface area contributed by atoms with E-state index in [1.54, 1.807) is 0 Å². The van der Waals surface area contributed by atoms with Crippen molar-refractivity contribution in [1.29, 1.82) is 0 Å². The van der Waals surface area contributed by atoms with Crippen molar-refractivity contribution >= 4 is 17.7 Å². The molecule has 0 rings (SSSR count). The average Bonchev–Trinajstić information content (AvgIpc) is 2.10. The fourth-order valence-corrected chi connectivity index (χ4v) is 1.45. The van der Waals surface area contributed by atoms with Crippen molar-refractivity contribution in [3.05, 3.63) is 0 Å². The van der Waals surface area contributed by atoms with Gasteiger partial charge in [0.25, 0.3) is 0 Å². The molecule has 0 aliphatic rings. The zero-order valence-corrected chi connectivity index (χ0v) is 9.36. The van der Waals surface area contributed by atoms with Crippen LogP contribution in [0.4, 0.5) is 0 Å². The van der Waals surface area contributed by atoms with Crippen LogP contribution in [0.15, 0.2) is 0 Å². The summed E-state index contributed by atoms with van der Waals surface area (Å²) in [6.45, 7) is 6.84. The highest BCUT2D eigenvalue weighted by atomic mass is 32.2. The van der Waals surface area contributed by atoms with E-state index in [0.29, 0.717) is 11.7 Å². The van der Waals surface area contributed by atoms with Crippen LogP contribution >= 0.6 is 11.8 Å². The molecule has 1 unspecified atom stereocenters. The number of aliphatic hydroxyl groups excluding tert-OH is 1. The van der Waals surface area contributed by atoms with E-state index in [9.17, 15) is 4.79 Å². The van der Waals surface area contributed by atoms with Crippen LogP contribution < -0.4 is 5.32 Å². The predicted octanol–water partition coefficient (Wildman–Crippen LogP) is 0.873. The van der Waals surface area contributed by atoms with Gasteiger partial charge in [-0.2, -0.15) is 0 Å². The predicted molar refractivity (Wildman–Crippen MR) is 56.9 cm³/mol. The molecule has 0 aliphatic carbocycles. The molecule has 0 aromatic heterocycles. The minimum atomic E-state index is -0.0640. The fraction of sp³-hybridized carbons (Fsp3) is 0.889. The first-order valence-electron chi connectivity index (χ1n) is 4.58. The van der Waals surface area contributed by atoms with Crippen LogP contribution in [0.25, 0.3) is 0 Å². The van der Waals surface area contributed by atoms with E-state index in [4.69, 9.17) is 5.11 Å². The van der Waals surface area contributed by atoms with Crippen LogP contribution in [-0.4, -0.2) is 35.2 Å². The van der Waals surface area contributed by atoms with Gasteiger partial charge < -0.3 is 10.4 Å². The van der Waals surface area contributed by atoms with Gasteiger partial charge in [-0.1, -0.05) is 13.8 Å². The molecule has 0 fully saturated rings. The maximum absolute atomic E-state index is 11.3. The zero-order valence-electron chi connectivity index (χ0n) is 8.54. The lowest BCUT2D eigenvalue weighted by molar-refractivity contribution is -0.120. The average molecular weight is 205 g/mol. The lowest BCUT2D eigenvalue weighted by Crippen LogP contribution is -2.33. The van der Waals surface area contributed by atoms with Crippen LogP contribution in [0.2, 0.25) is 0 Å². The van der Waals surface area contributed by atoms with Gasteiger partial charge in [-0.3, -0.25) is 4.79 Å². The first-order chi connectivity index (χ1) is 6.07. The maximum atomic E-state index is 11.3. The van der Waals surface area contributed by atoms with Gasteiger partial charge in [0.1, 0.15) is 0 Å². The van der Waals surface area contributed by atoms with Crippen molar-refractivity contribution in [3.63, 3.8) is 0 Å². The Morgan fingerprint density at radius 1 is 1.46 bits per heavy atom. The molecule has 4 heteroatoms. The minimum absolute atomic E-state index is 0.0622. The maximum Gasteiger partial charge on any atom is 0.232 e. The largest absolute Gasteiger partial charge is 0.396 e. The summed E-state index contributed by atoms with van der Waals surface area (Å²) in [5.74, 6) is 1.17. The summed E-state index contributed by atoms with van der Waals surface area (Å²) in [4.78, 5) is 11.3. The number of nitrogens with one attached hydrogen (secondary N) is 1. The number of aliphatic hydroxyl groups is 1. The van der Waals surface area contributed by atoms with Gasteiger partial charge in [-0.25, -0.2) is 0 Å². The highest BCUT2D eigenvalue weighted by Gasteiger charge is 2.12. The second kappa shape index (κ2) is 7.21. The first kappa shape index (κ1) is 12.8. The molecule has 0 bridgehead atoms. The third kappa shape index (κ3) is 6.90. The monoisotopic (exact) mass is 205 g/mol. The van der Waals surface area contributed by atoms with Gasteiger partial charge in [0, 0.05) is 12.3 Å². The molecule has 0 aromatic rings. The molecule has 13 heavy (non-hydrogen) atoms. The topological polar surface area (TPSA) is 49.3 Å². The number of rotatable bonds is 6. The molecule has 0 heterocycles. The normalized spacial score (nSPS) is 13.0. The van der Waals surface area contributed by atoms with Crippen LogP contribution in [-0.2, 0) is 4.79 Å². The standard InChI is InChI=1S/C9H19NO2S/c1-7(2)6-10-9(12)8(3)13-5-4-11/h7-8,11H,4-6H2,1-3H3,(H,10,12). The van der Waals surface area contributed by atoms with Crippen molar-refractivity contribution in [2.45, 2.75) is 26.0 Å². The Bertz CT molecular complexity index is 151. The summed E-state index contributed by atoms with van der Waals surface area (Å²) in [5.41, 5.74) is 0. The summed E-state index contributed by atoms with van der Waals surface area (Å²) in [5, 5.41) is 11.3. The third-order valence-electron chi connectivity index (χ3n) is 1.51. The molecule has 0 radical (unpaired) electrons. The van der Waals surface area contributed by atoms with Crippen molar-refractivity contribution < 1.29 is 9.90 Å². The molecular formula is C9H19NO2S. The van der Waals surface area contributed by atoms with Crippen LogP contribution in [0.5, 0.6) is 0 Å². The number of carbonyl (C=O) groups is 1. The van der Waals surface area contributed by atoms with E-state index in [-0.39, 0.29) is 17.8 Å². The fourth-order valence-electron chi connectivity index (χ4n) is 0.754. The second-order valence-electron chi connectivity index (χ2n) is 3.38. The van der Waals surface area contributed by atoms with Gasteiger partial charge >= 0.3 is 0 Å². The molecule has 3 nitrogen and oxygen atoms in total. The van der Waals surface area contributed by atoms with E-state index in [2.05, 4.69) is 19.2 Å². The number of hydrogen-bond acceptors (Lipinski definition) is 3. The second-order valence-corrected chi connectivity index (χ2v) is 4.82. The van der Waals surface area contributed by atoms with Gasteiger partial charge in [-0.05, 0) is 12.8 Å². The molecule has 0 spiro atoms. The third-order valence-corrected chi connectivity index (χ3v) is 2.65. The highest BCUT2D eigenvalue weighted by Crippen LogP contribution is 2.09. The number of thioether (sulfide) groups is 1. The quantitative estimate of drug-likeness (QED) is 0.676. The summed E-state index contributed by atoms with van der Waals surface area (Å²) in [7, 11) is 0. The Labute approximate surface area is 84.3 Å².